The number of fused-ring (bicyclic) bond motifs is 1. The molecule has 0 unspecified atom stereocenters. The fourth-order valence-corrected chi connectivity index (χ4v) is 1.79. The highest BCUT2D eigenvalue weighted by molar-refractivity contribution is 5.89. The number of benzene rings is 2. The number of hydrogen-bond acceptors (Lipinski definition) is 1. The maximum absolute atomic E-state index is 6.05. The van der Waals surface area contributed by atoms with Crippen LogP contribution >= 0.6 is 0 Å². The van der Waals surface area contributed by atoms with Crippen molar-refractivity contribution in [3.8, 4) is 5.75 Å². The molecule has 0 N–H and O–H groups in total. The van der Waals surface area contributed by atoms with Gasteiger partial charge in [-0.3, -0.25) is 0 Å². The lowest BCUT2D eigenvalue weighted by molar-refractivity contribution is 0.132. The third kappa shape index (κ3) is 2.19. The van der Waals surface area contributed by atoms with Crippen LogP contribution in [0.3, 0.4) is 0 Å². The van der Waals surface area contributed by atoms with Gasteiger partial charge in [-0.1, -0.05) is 36.4 Å². The van der Waals surface area contributed by atoms with Gasteiger partial charge in [0.1, 0.15) is 11.4 Å². The number of aryl methyl sites for hydroxylation is 1. The Morgan fingerprint density at radius 3 is 2.31 bits per heavy atom. The van der Waals surface area contributed by atoms with Crippen LogP contribution in [0.15, 0.2) is 36.4 Å². The van der Waals surface area contributed by atoms with Gasteiger partial charge < -0.3 is 4.74 Å². The molecule has 0 saturated heterocycles. The van der Waals surface area contributed by atoms with Gasteiger partial charge in [-0.2, -0.15) is 0 Å². The summed E-state index contributed by atoms with van der Waals surface area (Å²) < 4.78 is 6.05. The zero-order valence-electron chi connectivity index (χ0n) is 10.4. The summed E-state index contributed by atoms with van der Waals surface area (Å²) in [4.78, 5) is 0. The molecule has 0 atom stereocenters. The monoisotopic (exact) mass is 214 g/mol. The van der Waals surface area contributed by atoms with Crippen LogP contribution in [0.1, 0.15) is 26.3 Å². The van der Waals surface area contributed by atoms with E-state index in [0.717, 1.165) is 5.75 Å². The summed E-state index contributed by atoms with van der Waals surface area (Å²) in [6, 6.07) is 12.6. The van der Waals surface area contributed by atoms with Gasteiger partial charge in [-0.25, -0.2) is 0 Å². The van der Waals surface area contributed by atoms with Gasteiger partial charge in [-0.15, -0.1) is 0 Å². The molecule has 2 aromatic carbocycles. The first-order valence-electron chi connectivity index (χ1n) is 5.65. The Hall–Kier alpha value is -1.50. The van der Waals surface area contributed by atoms with E-state index in [-0.39, 0.29) is 5.60 Å². The van der Waals surface area contributed by atoms with Crippen molar-refractivity contribution in [2.45, 2.75) is 33.3 Å². The van der Waals surface area contributed by atoms with Gasteiger partial charge in [0.05, 0.1) is 0 Å². The van der Waals surface area contributed by atoms with Crippen molar-refractivity contribution in [2.24, 2.45) is 0 Å². The highest BCUT2D eigenvalue weighted by Gasteiger charge is 2.15. The van der Waals surface area contributed by atoms with Crippen molar-refractivity contribution in [3.63, 3.8) is 0 Å². The van der Waals surface area contributed by atoms with Crippen molar-refractivity contribution in [1.29, 1.82) is 0 Å². The Morgan fingerprint density at radius 2 is 1.62 bits per heavy atom. The topological polar surface area (TPSA) is 9.23 Å². The van der Waals surface area contributed by atoms with Crippen molar-refractivity contribution in [1.82, 2.24) is 0 Å². The van der Waals surface area contributed by atoms with Crippen LogP contribution in [0.25, 0.3) is 10.8 Å². The van der Waals surface area contributed by atoms with E-state index in [0.29, 0.717) is 0 Å². The van der Waals surface area contributed by atoms with Crippen LogP contribution < -0.4 is 4.74 Å². The molecule has 0 aliphatic carbocycles. The van der Waals surface area contributed by atoms with Gasteiger partial charge in [-0.05, 0) is 38.6 Å². The summed E-state index contributed by atoms with van der Waals surface area (Å²) in [6.45, 7) is 8.32. The highest BCUT2D eigenvalue weighted by Crippen LogP contribution is 2.31. The number of hydrogen-bond donors (Lipinski definition) is 0. The molecular weight excluding hydrogens is 196 g/mol. The second-order valence-electron chi connectivity index (χ2n) is 5.15. The molecule has 0 aliphatic heterocycles. The van der Waals surface area contributed by atoms with E-state index in [4.69, 9.17) is 4.74 Å². The lowest BCUT2D eigenvalue weighted by Crippen LogP contribution is -2.23. The average Bonchev–Trinajstić information content (AvgIpc) is 2.21. The lowest BCUT2D eigenvalue weighted by atomic mass is 10.1. The SMILES string of the molecule is Cc1ccc2ccccc2c1OC(C)(C)C. The Balaban J connectivity index is 2.62. The molecule has 1 nitrogen and oxygen atoms in total. The molecule has 0 saturated carbocycles. The van der Waals surface area contributed by atoms with E-state index >= 15 is 0 Å². The molecule has 0 aliphatic rings. The molecule has 16 heavy (non-hydrogen) atoms. The maximum atomic E-state index is 6.05. The van der Waals surface area contributed by atoms with Crippen LogP contribution in [0.5, 0.6) is 5.75 Å². The Kier molecular flexibility index (Phi) is 2.63. The molecule has 2 rings (SSSR count). The molecule has 0 aromatic heterocycles. The quantitative estimate of drug-likeness (QED) is 0.686. The standard InChI is InChI=1S/C15H18O/c1-11-9-10-12-7-5-6-8-13(12)14(11)16-15(2,3)4/h5-10H,1-4H3. The third-order valence-corrected chi connectivity index (χ3v) is 2.48. The van der Waals surface area contributed by atoms with Gasteiger partial charge >= 0.3 is 0 Å². The normalized spacial score (nSPS) is 11.8. The van der Waals surface area contributed by atoms with E-state index in [1.54, 1.807) is 0 Å². The summed E-state index contributed by atoms with van der Waals surface area (Å²) in [6.07, 6.45) is 0. The van der Waals surface area contributed by atoms with E-state index in [9.17, 15) is 0 Å². The van der Waals surface area contributed by atoms with Crippen LogP contribution in [0.4, 0.5) is 0 Å². The summed E-state index contributed by atoms with van der Waals surface area (Å²) in [5.74, 6) is 1.01. The zero-order chi connectivity index (χ0) is 11.8. The predicted molar refractivity (Wildman–Crippen MR) is 69.1 cm³/mol. The first kappa shape index (κ1) is 11.0. The van der Waals surface area contributed by atoms with E-state index in [1.165, 1.54) is 16.3 Å². The predicted octanol–water partition coefficient (Wildman–Crippen LogP) is 4.33. The van der Waals surface area contributed by atoms with Gasteiger partial charge in [0, 0.05) is 5.39 Å². The molecule has 0 spiro atoms. The molecule has 0 amide bonds. The van der Waals surface area contributed by atoms with E-state index in [1.807, 2.05) is 0 Å². The molecule has 0 bridgehead atoms. The first-order valence-corrected chi connectivity index (χ1v) is 5.65. The smallest absolute Gasteiger partial charge is 0.130 e. The largest absolute Gasteiger partial charge is 0.487 e. The zero-order valence-corrected chi connectivity index (χ0v) is 10.4. The molecule has 0 heterocycles. The van der Waals surface area contributed by atoms with Crippen LogP contribution in [-0.2, 0) is 0 Å². The van der Waals surface area contributed by atoms with Crippen molar-refractivity contribution in [2.75, 3.05) is 0 Å². The third-order valence-electron chi connectivity index (χ3n) is 2.48. The molecule has 2 aromatic rings. The minimum absolute atomic E-state index is 0.158. The highest BCUT2D eigenvalue weighted by atomic mass is 16.5. The first-order chi connectivity index (χ1) is 7.47. The van der Waals surface area contributed by atoms with Gasteiger partial charge in [0.15, 0.2) is 0 Å². The molecule has 0 fully saturated rings. The van der Waals surface area contributed by atoms with Crippen molar-refractivity contribution >= 4 is 10.8 Å². The fraction of sp³-hybridized carbons (Fsp3) is 0.333. The van der Waals surface area contributed by atoms with E-state index in [2.05, 4.69) is 64.1 Å². The summed E-state index contributed by atoms with van der Waals surface area (Å²) in [5, 5.41) is 2.42. The Labute approximate surface area is 97.1 Å². The minimum Gasteiger partial charge on any atom is -0.487 e. The second kappa shape index (κ2) is 3.82. The van der Waals surface area contributed by atoms with Crippen LogP contribution in [0.2, 0.25) is 0 Å². The number of ether oxygens (including phenoxy) is 1. The summed E-state index contributed by atoms with van der Waals surface area (Å²) in [5.41, 5.74) is 1.03. The molecule has 0 radical (unpaired) electrons. The molecular formula is C15H18O. The average molecular weight is 214 g/mol. The molecule has 1 heteroatoms. The van der Waals surface area contributed by atoms with Crippen LogP contribution in [-0.4, -0.2) is 5.60 Å². The van der Waals surface area contributed by atoms with Crippen molar-refractivity contribution in [3.05, 3.63) is 42.0 Å². The second-order valence-corrected chi connectivity index (χ2v) is 5.15. The van der Waals surface area contributed by atoms with Gasteiger partial charge in [0.2, 0.25) is 0 Å². The maximum Gasteiger partial charge on any atom is 0.130 e. The summed E-state index contributed by atoms with van der Waals surface area (Å²) >= 11 is 0. The Morgan fingerprint density at radius 1 is 0.938 bits per heavy atom. The van der Waals surface area contributed by atoms with Crippen molar-refractivity contribution < 1.29 is 4.74 Å². The van der Waals surface area contributed by atoms with Gasteiger partial charge in [0.25, 0.3) is 0 Å². The van der Waals surface area contributed by atoms with E-state index < -0.39 is 0 Å². The lowest BCUT2D eigenvalue weighted by Gasteiger charge is -2.24. The fourth-order valence-electron chi connectivity index (χ4n) is 1.79. The molecule has 84 valence electrons. The number of rotatable bonds is 1. The minimum atomic E-state index is -0.158. The van der Waals surface area contributed by atoms with Crippen LogP contribution in [0, 0.1) is 6.92 Å². The Bertz CT molecular complexity index is 506. The summed E-state index contributed by atoms with van der Waals surface area (Å²) in [7, 11) is 0.